The second kappa shape index (κ2) is 9.86. The molecule has 2 saturated heterocycles. The number of ether oxygens (including phenoxy) is 1. The molecule has 1 aromatic heterocycles. The Morgan fingerprint density at radius 1 is 1.11 bits per heavy atom. The minimum Gasteiger partial charge on any atom is -0.384 e. The number of aryl methyl sites for hydroxylation is 1. The molecule has 1 aromatic carbocycles. The van der Waals surface area contributed by atoms with E-state index in [9.17, 15) is 9.59 Å². The van der Waals surface area contributed by atoms with Gasteiger partial charge in [-0.25, -0.2) is 4.98 Å². The monoisotopic (exact) mass is 492 g/mol. The number of nitrogens with zero attached hydrogens (tertiary/aromatic N) is 3. The number of anilines is 3. The van der Waals surface area contributed by atoms with Gasteiger partial charge in [-0.1, -0.05) is 6.07 Å². The first kappa shape index (κ1) is 23.5. The zero-order chi connectivity index (χ0) is 24.5. The molecule has 6 rings (SSSR count). The molecule has 3 N–H and O–H groups in total. The van der Waals surface area contributed by atoms with Gasteiger partial charge in [0.25, 0.3) is 5.56 Å². The van der Waals surface area contributed by atoms with E-state index in [0.717, 1.165) is 120 Å². The third kappa shape index (κ3) is 4.62. The molecule has 2 aromatic rings. The minimum absolute atomic E-state index is 0.0439. The van der Waals surface area contributed by atoms with Crippen molar-refractivity contribution in [2.24, 2.45) is 0 Å². The molecule has 0 atom stereocenters. The Morgan fingerprint density at radius 2 is 1.92 bits per heavy atom. The van der Waals surface area contributed by atoms with Gasteiger partial charge in [-0.2, -0.15) is 0 Å². The van der Waals surface area contributed by atoms with Crippen LogP contribution in [0.5, 0.6) is 0 Å². The van der Waals surface area contributed by atoms with Crippen molar-refractivity contribution in [2.45, 2.75) is 50.4 Å². The van der Waals surface area contributed by atoms with Gasteiger partial charge in [0.05, 0.1) is 18.9 Å². The van der Waals surface area contributed by atoms with E-state index in [1.807, 2.05) is 6.07 Å². The standard InChI is InChI=1S/C27H36N6O3/c34-24(7-10-32-13-15-36-16-14-32)29-19-5-6-21-23(17-19)28-18-27(21)8-11-33(12-9-27)26-30-22-4-2-1-3-20(22)25(35)31-26/h5-6,17,28H,1-4,7-16,18H2,(H,29,34)(H,30,31,35). The Labute approximate surface area is 211 Å². The number of hydrogen-bond donors (Lipinski definition) is 3. The third-order valence-corrected chi connectivity index (χ3v) is 8.45. The molecule has 0 saturated carbocycles. The molecule has 0 bridgehead atoms. The van der Waals surface area contributed by atoms with Gasteiger partial charge in [-0.15, -0.1) is 0 Å². The average Bonchev–Trinajstić information content (AvgIpc) is 3.25. The van der Waals surface area contributed by atoms with E-state index in [1.165, 1.54) is 5.56 Å². The maximum absolute atomic E-state index is 12.6. The lowest BCUT2D eigenvalue weighted by atomic mass is 9.74. The number of piperidine rings is 1. The van der Waals surface area contributed by atoms with Crippen molar-refractivity contribution in [2.75, 3.05) is 68.0 Å². The molecule has 36 heavy (non-hydrogen) atoms. The van der Waals surface area contributed by atoms with Crippen LogP contribution in [0.25, 0.3) is 0 Å². The van der Waals surface area contributed by atoms with Crippen LogP contribution in [-0.2, 0) is 27.8 Å². The second-order valence-corrected chi connectivity index (χ2v) is 10.7. The van der Waals surface area contributed by atoms with Gasteiger partial charge in [-0.05, 0) is 56.2 Å². The maximum Gasteiger partial charge on any atom is 0.255 e. The molecular formula is C27H36N6O3. The SMILES string of the molecule is O=C(CCN1CCOCC1)Nc1ccc2c(c1)NCC21CCN(c2nc3c(c(=O)[nH]2)CCCC3)CC1. The van der Waals surface area contributed by atoms with Crippen LogP contribution in [-0.4, -0.2) is 73.3 Å². The predicted octanol–water partition coefficient (Wildman–Crippen LogP) is 2.27. The number of hydrogen-bond acceptors (Lipinski definition) is 7. The fraction of sp³-hybridized carbons (Fsp3) is 0.593. The average molecular weight is 493 g/mol. The van der Waals surface area contributed by atoms with Gasteiger partial charge in [0, 0.05) is 68.0 Å². The van der Waals surface area contributed by atoms with E-state index in [1.54, 1.807) is 0 Å². The summed E-state index contributed by atoms with van der Waals surface area (Å²) in [7, 11) is 0. The second-order valence-electron chi connectivity index (χ2n) is 10.7. The number of carbonyl (C=O) groups is 1. The first-order valence-electron chi connectivity index (χ1n) is 13.5. The van der Waals surface area contributed by atoms with Crippen molar-refractivity contribution in [3.63, 3.8) is 0 Å². The minimum atomic E-state index is 0.0439. The summed E-state index contributed by atoms with van der Waals surface area (Å²) >= 11 is 0. The number of aromatic nitrogens is 2. The van der Waals surface area contributed by atoms with Crippen molar-refractivity contribution in [1.82, 2.24) is 14.9 Å². The molecule has 1 amide bonds. The number of nitrogens with one attached hydrogen (secondary N) is 3. The molecule has 0 radical (unpaired) electrons. The number of amides is 1. The summed E-state index contributed by atoms with van der Waals surface area (Å²) in [5, 5.41) is 6.67. The molecule has 0 unspecified atom stereocenters. The number of aromatic amines is 1. The molecule has 4 heterocycles. The van der Waals surface area contributed by atoms with Gasteiger partial charge < -0.3 is 20.3 Å². The van der Waals surface area contributed by atoms with Gasteiger partial charge in [-0.3, -0.25) is 19.5 Å². The fourth-order valence-electron chi connectivity index (χ4n) is 6.23. The largest absolute Gasteiger partial charge is 0.384 e. The van der Waals surface area contributed by atoms with Crippen molar-refractivity contribution < 1.29 is 9.53 Å². The van der Waals surface area contributed by atoms with E-state index in [4.69, 9.17) is 9.72 Å². The molecule has 9 nitrogen and oxygen atoms in total. The Bertz CT molecular complexity index is 1180. The summed E-state index contributed by atoms with van der Waals surface area (Å²) in [5.74, 6) is 0.783. The van der Waals surface area contributed by atoms with E-state index in [2.05, 4.69) is 37.6 Å². The zero-order valence-electron chi connectivity index (χ0n) is 20.9. The highest BCUT2D eigenvalue weighted by Gasteiger charge is 2.42. The number of morpholine rings is 1. The van der Waals surface area contributed by atoms with Crippen LogP contribution < -0.4 is 21.1 Å². The van der Waals surface area contributed by atoms with Crippen molar-refractivity contribution in [3.8, 4) is 0 Å². The lowest BCUT2D eigenvalue weighted by Crippen LogP contribution is -2.45. The molecule has 1 aliphatic carbocycles. The Balaban J connectivity index is 1.08. The highest BCUT2D eigenvalue weighted by atomic mass is 16.5. The first-order chi connectivity index (χ1) is 17.6. The smallest absolute Gasteiger partial charge is 0.255 e. The lowest BCUT2D eigenvalue weighted by molar-refractivity contribution is -0.116. The highest BCUT2D eigenvalue weighted by molar-refractivity contribution is 5.91. The summed E-state index contributed by atoms with van der Waals surface area (Å²) in [6.45, 7) is 6.69. The molecule has 2 fully saturated rings. The molecule has 3 aliphatic heterocycles. The molecule has 1 spiro atoms. The zero-order valence-corrected chi connectivity index (χ0v) is 20.9. The molecule has 9 heteroatoms. The molecule has 192 valence electrons. The summed E-state index contributed by atoms with van der Waals surface area (Å²) in [4.78, 5) is 37.5. The maximum atomic E-state index is 12.6. The normalized spacial score (nSPS) is 21.1. The fourth-order valence-corrected chi connectivity index (χ4v) is 6.23. The summed E-state index contributed by atoms with van der Waals surface area (Å²) < 4.78 is 5.38. The van der Waals surface area contributed by atoms with Crippen LogP contribution >= 0.6 is 0 Å². The van der Waals surface area contributed by atoms with Gasteiger partial charge >= 0.3 is 0 Å². The molecule has 4 aliphatic rings. The summed E-state index contributed by atoms with van der Waals surface area (Å²) in [6, 6.07) is 6.29. The van der Waals surface area contributed by atoms with E-state index < -0.39 is 0 Å². The quantitative estimate of drug-likeness (QED) is 0.589. The summed E-state index contributed by atoms with van der Waals surface area (Å²) in [6.07, 6.45) is 6.44. The summed E-state index contributed by atoms with van der Waals surface area (Å²) in [5.41, 5.74) is 5.30. The lowest BCUT2D eigenvalue weighted by Gasteiger charge is -2.39. The predicted molar refractivity (Wildman–Crippen MR) is 140 cm³/mol. The number of carbonyl (C=O) groups excluding carboxylic acids is 1. The number of benzene rings is 1. The highest BCUT2D eigenvalue weighted by Crippen LogP contribution is 2.45. The van der Waals surface area contributed by atoms with Gasteiger partial charge in [0.15, 0.2) is 0 Å². The molecular weight excluding hydrogens is 456 g/mol. The number of rotatable bonds is 5. The van der Waals surface area contributed by atoms with Crippen LogP contribution in [0.4, 0.5) is 17.3 Å². The number of H-pyrrole nitrogens is 1. The Morgan fingerprint density at radius 3 is 2.75 bits per heavy atom. The van der Waals surface area contributed by atoms with Crippen molar-refractivity contribution >= 4 is 23.2 Å². The van der Waals surface area contributed by atoms with E-state index >= 15 is 0 Å². The van der Waals surface area contributed by atoms with Crippen LogP contribution in [0.2, 0.25) is 0 Å². The van der Waals surface area contributed by atoms with Crippen molar-refractivity contribution in [1.29, 1.82) is 0 Å². The third-order valence-electron chi connectivity index (χ3n) is 8.45. The Kier molecular flexibility index (Phi) is 6.43. The first-order valence-corrected chi connectivity index (χ1v) is 13.5. The van der Waals surface area contributed by atoms with Gasteiger partial charge in [0.1, 0.15) is 0 Å². The van der Waals surface area contributed by atoms with Crippen molar-refractivity contribution in [3.05, 3.63) is 45.4 Å². The van der Waals surface area contributed by atoms with E-state index in [-0.39, 0.29) is 16.9 Å². The van der Waals surface area contributed by atoms with Crippen LogP contribution in [0.15, 0.2) is 23.0 Å². The van der Waals surface area contributed by atoms with E-state index in [0.29, 0.717) is 6.42 Å². The van der Waals surface area contributed by atoms with Crippen LogP contribution in [0.3, 0.4) is 0 Å². The number of fused-ring (bicyclic) bond motifs is 3. The Hall–Kier alpha value is -2.91. The van der Waals surface area contributed by atoms with Gasteiger partial charge in [0.2, 0.25) is 11.9 Å². The topological polar surface area (TPSA) is 103 Å². The van der Waals surface area contributed by atoms with Crippen LogP contribution in [0, 0.1) is 0 Å². The van der Waals surface area contributed by atoms with Crippen LogP contribution in [0.1, 0.15) is 48.9 Å².